The van der Waals surface area contributed by atoms with Gasteiger partial charge in [-0.05, 0) is 38.5 Å². The molecule has 0 aliphatic carbocycles. The smallest absolute Gasteiger partial charge is 0.338 e. The fourth-order valence-electron chi connectivity index (χ4n) is 1.63. The van der Waals surface area contributed by atoms with Crippen molar-refractivity contribution in [3.05, 3.63) is 47.0 Å². The molecule has 0 bridgehead atoms. The molecule has 0 aliphatic rings. The first-order valence-corrected chi connectivity index (χ1v) is 6.83. The average molecular weight is 311 g/mol. The number of hydrogen-bond donors (Lipinski definition) is 0. The van der Waals surface area contributed by atoms with Gasteiger partial charge < -0.3 is 9.47 Å². The number of esters is 2. The topological polar surface area (TPSA) is 52.6 Å². The Balaban J connectivity index is 3.05. The van der Waals surface area contributed by atoms with Gasteiger partial charge in [-0.3, -0.25) is 4.79 Å². The van der Waals surface area contributed by atoms with Crippen LogP contribution in [0.25, 0.3) is 0 Å². The van der Waals surface area contributed by atoms with E-state index >= 15 is 0 Å². The molecule has 0 spiro atoms. The van der Waals surface area contributed by atoms with Crippen LogP contribution in [0.5, 0.6) is 0 Å². The number of carbonyl (C=O) groups excluding carboxylic acids is 2. The summed E-state index contributed by atoms with van der Waals surface area (Å²) in [5, 5.41) is 0.474. The maximum absolute atomic E-state index is 12.1. The van der Waals surface area contributed by atoms with Gasteiger partial charge in [0.15, 0.2) is 6.10 Å². The van der Waals surface area contributed by atoms with Crippen molar-refractivity contribution in [2.45, 2.75) is 39.4 Å². The van der Waals surface area contributed by atoms with Crippen molar-refractivity contribution in [1.29, 1.82) is 0 Å². The second-order valence-electron chi connectivity index (χ2n) is 5.57. The van der Waals surface area contributed by atoms with Crippen LogP contribution in [0.3, 0.4) is 0 Å². The summed E-state index contributed by atoms with van der Waals surface area (Å²) in [7, 11) is 0. The minimum absolute atomic E-state index is 0.0439. The maximum atomic E-state index is 12.1. The lowest BCUT2D eigenvalue weighted by atomic mass is 10.0. The number of rotatable bonds is 4. The molecule has 0 N–H and O–H groups in total. The molecule has 114 valence electrons. The maximum Gasteiger partial charge on any atom is 0.338 e. The number of carbonyl (C=O) groups is 2. The highest BCUT2D eigenvalue weighted by molar-refractivity contribution is 6.30. The standard InChI is InChI=1S/C16H19ClO4/c1-10(15(19)21-16(3,4)5)14(20-11(2)18)12-7-6-8-13(17)9-12/h6-9,14H,1H2,2-5H3. The van der Waals surface area contributed by atoms with Gasteiger partial charge in [0.25, 0.3) is 0 Å². The highest BCUT2D eigenvalue weighted by Crippen LogP contribution is 2.28. The Morgan fingerprint density at radius 1 is 1.29 bits per heavy atom. The van der Waals surface area contributed by atoms with Crippen molar-refractivity contribution in [3.63, 3.8) is 0 Å². The number of benzene rings is 1. The van der Waals surface area contributed by atoms with Gasteiger partial charge in [-0.1, -0.05) is 30.3 Å². The summed E-state index contributed by atoms with van der Waals surface area (Å²) in [5.41, 5.74) is -0.0502. The second kappa shape index (κ2) is 6.76. The molecule has 0 aromatic heterocycles. The molecule has 1 rings (SSSR count). The van der Waals surface area contributed by atoms with E-state index in [2.05, 4.69) is 6.58 Å². The molecular formula is C16H19ClO4. The lowest BCUT2D eigenvalue weighted by Gasteiger charge is -2.24. The van der Waals surface area contributed by atoms with E-state index in [0.717, 1.165) is 0 Å². The zero-order chi connectivity index (χ0) is 16.2. The van der Waals surface area contributed by atoms with Gasteiger partial charge >= 0.3 is 11.9 Å². The number of halogens is 1. The average Bonchev–Trinajstić information content (AvgIpc) is 2.32. The summed E-state index contributed by atoms with van der Waals surface area (Å²) < 4.78 is 10.4. The van der Waals surface area contributed by atoms with Crippen LogP contribution in [-0.4, -0.2) is 17.5 Å². The van der Waals surface area contributed by atoms with Crippen LogP contribution >= 0.6 is 11.6 Å². The molecule has 4 nitrogen and oxygen atoms in total. The van der Waals surface area contributed by atoms with Gasteiger partial charge in [0.05, 0.1) is 5.57 Å². The summed E-state index contributed by atoms with van der Waals surface area (Å²) in [6.45, 7) is 10.2. The molecule has 21 heavy (non-hydrogen) atoms. The summed E-state index contributed by atoms with van der Waals surface area (Å²) >= 11 is 5.93. The fraction of sp³-hybridized carbons (Fsp3) is 0.375. The lowest BCUT2D eigenvalue weighted by molar-refractivity contribution is -0.153. The Hall–Kier alpha value is -1.81. The molecule has 0 saturated carbocycles. The zero-order valence-electron chi connectivity index (χ0n) is 12.6. The largest absolute Gasteiger partial charge is 0.457 e. The summed E-state index contributed by atoms with van der Waals surface area (Å²) in [5.74, 6) is -1.14. The normalized spacial score (nSPS) is 12.4. The minimum Gasteiger partial charge on any atom is -0.457 e. The SMILES string of the molecule is C=C(C(=O)OC(C)(C)C)C(OC(C)=O)c1cccc(Cl)c1. The fourth-order valence-corrected chi connectivity index (χ4v) is 1.83. The van der Waals surface area contributed by atoms with Gasteiger partial charge in [-0.25, -0.2) is 4.79 Å². The quantitative estimate of drug-likeness (QED) is 0.626. The van der Waals surface area contributed by atoms with Crippen LogP contribution in [0.15, 0.2) is 36.4 Å². The van der Waals surface area contributed by atoms with Crippen molar-refractivity contribution < 1.29 is 19.1 Å². The van der Waals surface area contributed by atoms with E-state index in [4.69, 9.17) is 21.1 Å². The van der Waals surface area contributed by atoms with Gasteiger partial charge in [0, 0.05) is 11.9 Å². The first kappa shape index (κ1) is 17.2. The van der Waals surface area contributed by atoms with Gasteiger partial charge in [-0.2, -0.15) is 0 Å². The van der Waals surface area contributed by atoms with Crippen molar-refractivity contribution in [2.75, 3.05) is 0 Å². The van der Waals surface area contributed by atoms with Crippen molar-refractivity contribution in [1.82, 2.24) is 0 Å². The lowest BCUT2D eigenvalue weighted by Crippen LogP contribution is -2.27. The van der Waals surface area contributed by atoms with E-state index < -0.39 is 23.6 Å². The van der Waals surface area contributed by atoms with Crippen LogP contribution < -0.4 is 0 Å². The molecule has 0 amide bonds. The van der Waals surface area contributed by atoms with Crippen LogP contribution in [0.2, 0.25) is 5.02 Å². The molecule has 1 unspecified atom stereocenters. The Morgan fingerprint density at radius 3 is 2.38 bits per heavy atom. The molecule has 5 heteroatoms. The molecule has 0 heterocycles. The highest BCUT2D eigenvalue weighted by atomic mass is 35.5. The first-order chi connectivity index (χ1) is 9.60. The first-order valence-electron chi connectivity index (χ1n) is 6.45. The molecule has 0 aliphatic heterocycles. The summed E-state index contributed by atoms with van der Waals surface area (Å²) in [6, 6.07) is 6.71. The van der Waals surface area contributed by atoms with E-state index in [0.29, 0.717) is 10.6 Å². The molecular weight excluding hydrogens is 292 g/mol. The van der Waals surface area contributed by atoms with Crippen LogP contribution in [-0.2, 0) is 19.1 Å². The Bertz CT molecular complexity index is 558. The molecule has 0 radical (unpaired) electrons. The molecule has 1 aromatic carbocycles. The van der Waals surface area contributed by atoms with E-state index in [1.54, 1.807) is 45.0 Å². The van der Waals surface area contributed by atoms with Crippen molar-refractivity contribution in [3.8, 4) is 0 Å². The zero-order valence-corrected chi connectivity index (χ0v) is 13.4. The van der Waals surface area contributed by atoms with Crippen molar-refractivity contribution >= 4 is 23.5 Å². The van der Waals surface area contributed by atoms with Crippen LogP contribution in [0.4, 0.5) is 0 Å². The Labute approximate surface area is 129 Å². The third-order valence-electron chi connectivity index (χ3n) is 2.41. The Morgan fingerprint density at radius 2 is 1.90 bits per heavy atom. The molecule has 1 atom stereocenters. The molecule has 0 fully saturated rings. The third-order valence-corrected chi connectivity index (χ3v) is 2.65. The van der Waals surface area contributed by atoms with Gasteiger partial charge in [0.2, 0.25) is 0 Å². The monoisotopic (exact) mass is 310 g/mol. The minimum atomic E-state index is -0.920. The Kier molecular flexibility index (Phi) is 5.55. The van der Waals surface area contributed by atoms with E-state index in [9.17, 15) is 9.59 Å². The molecule has 0 saturated heterocycles. The van der Waals surface area contributed by atoms with Gasteiger partial charge in [0.1, 0.15) is 5.60 Å². The third kappa shape index (κ3) is 5.60. The predicted molar refractivity (Wildman–Crippen MR) is 80.9 cm³/mol. The van der Waals surface area contributed by atoms with E-state index in [1.807, 2.05) is 0 Å². The van der Waals surface area contributed by atoms with E-state index in [1.165, 1.54) is 6.92 Å². The van der Waals surface area contributed by atoms with Crippen molar-refractivity contribution in [2.24, 2.45) is 0 Å². The highest BCUT2D eigenvalue weighted by Gasteiger charge is 2.28. The second-order valence-corrected chi connectivity index (χ2v) is 6.01. The van der Waals surface area contributed by atoms with Crippen LogP contribution in [0, 0.1) is 0 Å². The number of hydrogen-bond acceptors (Lipinski definition) is 4. The number of ether oxygens (including phenoxy) is 2. The summed E-state index contributed by atoms with van der Waals surface area (Å²) in [6.07, 6.45) is -0.920. The van der Waals surface area contributed by atoms with Gasteiger partial charge in [-0.15, -0.1) is 0 Å². The van der Waals surface area contributed by atoms with E-state index in [-0.39, 0.29) is 5.57 Å². The predicted octanol–water partition coefficient (Wildman–Crippen LogP) is 3.84. The summed E-state index contributed by atoms with van der Waals surface area (Å²) in [4.78, 5) is 23.4. The molecule has 1 aromatic rings. The van der Waals surface area contributed by atoms with Crippen LogP contribution in [0.1, 0.15) is 39.4 Å².